The van der Waals surface area contributed by atoms with Crippen LogP contribution in [0.25, 0.3) is 6.08 Å². The Bertz CT molecular complexity index is 611. The highest BCUT2D eigenvalue weighted by atomic mass is 19.1. The van der Waals surface area contributed by atoms with Crippen LogP contribution in [0.5, 0.6) is 5.75 Å². The van der Waals surface area contributed by atoms with E-state index in [1.807, 2.05) is 30.3 Å². The van der Waals surface area contributed by atoms with Gasteiger partial charge >= 0.3 is 0 Å². The fourth-order valence-electron chi connectivity index (χ4n) is 1.69. The van der Waals surface area contributed by atoms with Crippen LogP contribution >= 0.6 is 0 Å². The molecule has 4 heteroatoms. The lowest BCUT2D eigenvalue weighted by atomic mass is 10.2. The zero-order valence-corrected chi connectivity index (χ0v) is 11.5. The van der Waals surface area contributed by atoms with Crippen LogP contribution < -0.4 is 10.1 Å². The summed E-state index contributed by atoms with van der Waals surface area (Å²) in [5.41, 5.74) is 0.383. The zero-order chi connectivity index (χ0) is 14.9. The number of benzene rings is 2. The molecule has 0 aliphatic carbocycles. The molecule has 0 unspecified atom stereocenters. The van der Waals surface area contributed by atoms with E-state index in [-0.39, 0.29) is 11.7 Å². The highest BCUT2D eigenvalue weighted by Gasteiger charge is 1.98. The summed E-state index contributed by atoms with van der Waals surface area (Å²) in [6, 6.07) is 15.6. The Labute approximate surface area is 123 Å². The van der Waals surface area contributed by atoms with Crippen molar-refractivity contribution in [2.24, 2.45) is 0 Å². The molecule has 0 heterocycles. The van der Waals surface area contributed by atoms with Crippen molar-refractivity contribution in [2.45, 2.75) is 0 Å². The van der Waals surface area contributed by atoms with Crippen LogP contribution in [0, 0.1) is 5.82 Å². The van der Waals surface area contributed by atoms with Gasteiger partial charge in [0, 0.05) is 11.6 Å². The second-order valence-corrected chi connectivity index (χ2v) is 4.31. The minimum absolute atomic E-state index is 0.282. The summed E-state index contributed by atoms with van der Waals surface area (Å²) in [7, 11) is 0. The quantitative estimate of drug-likeness (QED) is 0.654. The van der Waals surface area contributed by atoms with Crippen LogP contribution in [0.1, 0.15) is 5.56 Å². The number of carbonyl (C=O) groups is 1. The fourth-order valence-corrected chi connectivity index (χ4v) is 1.69. The second kappa shape index (κ2) is 7.85. The van der Waals surface area contributed by atoms with Crippen LogP contribution in [0.15, 0.2) is 60.7 Å². The molecule has 0 spiro atoms. The number of carbonyl (C=O) groups excluding carboxylic acids is 1. The van der Waals surface area contributed by atoms with E-state index >= 15 is 0 Å². The minimum Gasteiger partial charge on any atom is -0.492 e. The van der Waals surface area contributed by atoms with Gasteiger partial charge < -0.3 is 10.1 Å². The predicted molar refractivity (Wildman–Crippen MR) is 80.4 cm³/mol. The van der Waals surface area contributed by atoms with E-state index in [9.17, 15) is 9.18 Å². The molecule has 2 aromatic carbocycles. The molecule has 0 saturated carbocycles. The van der Waals surface area contributed by atoms with E-state index in [0.29, 0.717) is 18.7 Å². The van der Waals surface area contributed by atoms with Gasteiger partial charge in [-0.15, -0.1) is 0 Å². The molecule has 3 nitrogen and oxygen atoms in total. The van der Waals surface area contributed by atoms with Crippen molar-refractivity contribution in [3.8, 4) is 5.75 Å². The normalized spacial score (nSPS) is 10.5. The monoisotopic (exact) mass is 285 g/mol. The fraction of sp³-hybridized carbons (Fsp3) is 0.118. The van der Waals surface area contributed by atoms with Crippen LogP contribution in [-0.2, 0) is 4.79 Å². The van der Waals surface area contributed by atoms with E-state index in [4.69, 9.17) is 4.74 Å². The van der Waals surface area contributed by atoms with Crippen LogP contribution in [0.2, 0.25) is 0 Å². The summed E-state index contributed by atoms with van der Waals surface area (Å²) in [6.07, 6.45) is 2.75. The van der Waals surface area contributed by atoms with Gasteiger partial charge in [0.1, 0.15) is 18.2 Å². The van der Waals surface area contributed by atoms with E-state index in [1.165, 1.54) is 18.2 Å². The smallest absolute Gasteiger partial charge is 0.244 e. The summed E-state index contributed by atoms with van der Waals surface area (Å²) < 4.78 is 18.8. The first-order chi connectivity index (χ1) is 10.3. The van der Waals surface area contributed by atoms with Gasteiger partial charge in [-0.1, -0.05) is 36.4 Å². The van der Waals surface area contributed by atoms with Gasteiger partial charge in [-0.3, -0.25) is 4.79 Å². The lowest BCUT2D eigenvalue weighted by molar-refractivity contribution is -0.116. The first-order valence-corrected chi connectivity index (χ1v) is 6.64. The first-order valence-electron chi connectivity index (χ1n) is 6.64. The second-order valence-electron chi connectivity index (χ2n) is 4.31. The Kier molecular flexibility index (Phi) is 5.52. The van der Waals surface area contributed by atoms with Gasteiger partial charge in [0.25, 0.3) is 0 Å². The maximum absolute atomic E-state index is 13.3. The predicted octanol–water partition coefficient (Wildman–Crippen LogP) is 3.03. The minimum atomic E-state index is -0.353. The molecule has 2 aromatic rings. The zero-order valence-electron chi connectivity index (χ0n) is 11.5. The third kappa shape index (κ3) is 5.10. The Morgan fingerprint density at radius 1 is 1.10 bits per heavy atom. The van der Waals surface area contributed by atoms with Gasteiger partial charge in [0.05, 0.1) is 6.54 Å². The first kappa shape index (κ1) is 14.8. The van der Waals surface area contributed by atoms with Gasteiger partial charge in [-0.25, -0.2) is 4.39 Å². The Balaban J connectivity index is 1.72. The van der Waals surface area contributed by atoms with Crippen molar-refractivity contribution >= 4 is 12.0 Å². The van der Waals surface area contributed by atoms with E-state index < -0.39 is 0 Å². The van der Waals surface area contributed by atoms with E-state index in [2.05, 4.69) is 5.32 Å². The highest BCUT2D eigenvalue weighted by Crippen LogP contribution is 2.08. The van der Waals surface area contributed by atoms with Crippen molar-refractivity contribution in [3.05, 3.63) is 72.1 Å². The lowest BCUT2D eigenvalue weighted by Gasteiger charge is -2.06. The number of halogens is 1. The van der Waals surface area contributed by atoms with Crippen molar-refractivity contribution in [3.63, 3.8) is 0 Å². The number of para-hydroxylation sites is 1. The maximum Gasteiger partial charge on any atom is 0.244 e. The molecular formula is C17H16FNO2. The van der Waals surface area contributed by atoms with E-state index in [1.54, 1.807) is 18.2 Å². The van der Waals surface area contributed by atoms with E-state index in [0.717, 1.165) is 5.75 Å². The molecule has 21 heavy (non-hydrogen) atoms. The third-order valence-corrected chi connectivity index (χ3v) is 2.73. The number of rotatable bonds is 6. The van der Waals surface area contributed by atoms with Crippen molar-refractivity contribution in [1.82, 2.24) is 5.32 Å². The molecule has 1 N–H and O–H groups in total. The standard InChI is InChI=1S/C17H16FNO2/c18-16-9-5-4-6-14(16)10-11-17(20)19-12-13-21-15-7-2-1-3-8-15/h1-11H,12-13H2,(H,19,20). The summed E-state index contributed by atoms with van der Waals surface area (Å²) in [5, 5.41) is 2.67. The Hall–Kier alpha value is -2.62. The average Bonchev–Trinajstić information content (AvgIpc) is 2.52. The molecule has 108 valence electrons. The number of hydrogen-bond acceptors (Lipinski definition) is 2. The number of nitrogens with one attached hydrogen (secondary N) is 1. The molecule has 0 fully saturated rings. The van der Waals surface area contributed by atoms with Gasteiger partial charge in [-0.2, -0.15) is 0 Å². The van der Waals surface area contributed by atoms with Gasteiger partial charge in [-0.05, 0) is 24.3 Å². The summed E-state index contributed by atoms with van der Waals surface area (Å²) in [5.74, 6) is 0.123. The van der Waals surface area contributed by atoms with Crippen molar-refractivity contribution in [1.29, 1.82) is 0 Å². The van der Waals surface area contributed by atoms with Gasteiger partial charge in [0.2, 0.25) is 5.91 Å². The van der Waals surface area contributed by atoms with Crippen LogP contribution in [0.4, 0.5) is 4.39 Å². The molecule has 0 aliphatic heterocycles. The molecular weight excluding hydrogens is 269 g/mol. The summed E-state index contributed by atoms with van der Waals surface area (Å²) >= 11 is 0. The molecule has 0 aliphatic rings. The van der Waals surface area contributed by atoms with Crippen LogP contribution in [0.3, 0.4) is 0 Å². The molecule has 0 saturated heterocycles. The molecule has 2 rings (SSSR count). The Morgan fingerprint density at radius 3 is 2.57 bits per heavy atom. The van der Waals surface area contributed by atoms with Crippen LogP contribution in [-0.4, -0.2) is 19.1 Å². The number of hydrogen-bond donors (Lipinski definition) is 1. The number of ether oxygens (including phenoxy) is 1. The Morgan fingerprint density at radius 2 is 1.81 bits per heavy atom. The maximum atomic E-state index is 13.3. The molecule has 0 bridgehead atoms. The van der Waals surface area contributed by atoms with Crippen molar-refractivity contribution in [2.75, 3.05) is 13.2 Å². The molecule has 0 aromatic heterocycles. The topological polar surface area (TPSA) is 38.3 Å². The molecule has 0 radical (unpaired) electrons. The summed E-state index contributed by atoms with van der Waals surface area (Å²) in [6.45, 7) is 0.763. The third-order valence-electron chi connectivity index (χ3n) is 2.73. The average molecular weight is 285 g/mol. The van der Waals surface area contributed by atoms with Crippen molar-refractivity contribution < 1.29 is 13.9 Å². The highest BCUT2D eigenvalue weighted by molar-refractivity contribution is 5.91. The molecule has 1 amide bonds. The SMILES string of the molecule is O=C(C=Cc1ccccc1F)NCCOc1ccccc1. The lowest BCUT2D eigenvalue weighted by Crippen LogP contribution is -2.26. The van der Waals surface area contributed by atoms with Gasteiger partial charge in [0.15, 0.2) is 0 Å². The summed E-state index contributed by atoms with van der Waals surface area (Å²) in [4.78, 5) is 11.6. The molecule has 0 atom stereocenters. The number of amides is 1. The largest absolute Gasteiger partial charge is 0.492 e.